The minimum absolute atomic E-state index is 0.0276. The normalized spacial score (nSPS) is 16.2. The Morgan fingerprint density at radius 3 is 2.38 bits per heavy atom. The molecule has 0 fully saturated rings. The van der Waals surface area contributed by atoms with Gasteiger partial charge in [0.2, 0.25) is 0 Å². The molecule has 1 aliphatic carbocycles. The molecule has 194 valence electrons. The topological polar surface area (TPSA) is 141 Å². The van der Waals surface area contributed by atoms with Gasteiger partial charge in [-0.05, 0) is 47.2 Å². The molecule has 4 aromatic rings. The number of aromatic nitrogens is 1. The lowest BCUT2D eigenvalue weighted by atomic mass is 9.83. The first-order chi connectivity index (χ1) is 18.7. The fourth-order valence-electron chi connectivity index (χ4n) is 5.13. The van der Waals surface area contributed by atoms with Gasteiger partial charge < -0.3 is 5.11 Å². The van der Waals surface area contributed by atoms with Crippen molar-refractivity contribution >= 4 is 46.1 Å². The third kappa shape index (κ3) is 4.03. The van der Waals surface area contributed by atoms with Crippen LogP contribution in [0.25, 0.3) is 11.8 Å². The van der Waals surface area contributed by atoms with Crippen molar-refractivity contribution in [3.8, 4) is 5.75 Å². The molecule has 39 heavy (non-hydrogen) atoms. The molecule has 12 heteroatoms. The van der Waals surface area contributed by atoms with Gasteiger partial charge in [-0.15, -0.1) is 0 Å². The van der Waals surface area contributed by atoms with Crippen LogP contribution in [0.15, 0.2) is 76.0 Å². The molecule has 1 aromatic heterocycles. The van der Waals surface area contributed by atoms with Gasteiger partial charge in [0.1, 0.15) is 0 Å². The lowest BCUT2D eigenvalue weighted by molar-refractivity contribution is -0.396. The zero-order valence-corrected chi connectivity index (χ0v) is 21.5. The van der Waals surface area contributed by atoms with Gasteiger partial charge in [-0.3, -0.25) is 29.6 Å². The average Bonchev–Trinajstić information content (AvgIpc) is 3.22. The molecule has 2 aliphatic rings. The summed E-state index contributed by atoms with van der Waals surface area (Å²) >= 11 is 7.70. The Kier molecular flexibility index (Phi) is 5.89. The van der Waals surface area contributed by atoms with Crippen LogP contribution in [-0.2, 0) is 6.42 Å². The number of halogens is 1. The van der Waals surface area contributed by atoms with E-state index in [2.05, 4.69) is 6.07 Å². The number of nitrogens with zero attached hydrogens (tertiary/aromatic N) is 4. The number of hydrogen-bond acceptors (Lipinski definition) is 8. The van der Waals surface area contributed by atoms with Crippen LogP contribution in [0.4, 0.5) is 11.4 Å². The lowest BCUT2D eigenvalue weighted by Crippen LogP contribution is -2.38. The summed E-state index contributed by atoms with van der Waals surface area (Å²) in [6.45, 7) is 0. The van der Waals surface area contributed by atoms with Crippen LogP contribution >= 0.6 is 22.9 Å². The van der Waals surface area contributed by atoms with Gasteiger partial charge in [0.05, 0.1) is 26.1 Å². The van der Waals surface area contributed by atoms with Crippen molar-refractivity contribution in [1.29, 1.82) is 0 Å². The van der Waals surface area contributed by atoms with E-state index in [9.17, 15) is 30.1 Å². The number of aryl methyl sites for hydroxylation is 1. The van der Waals surface area contributed by atoms with Gasteiger partial charge in [0, 0.05) is 22.7 Å². The van der Waals surface area contributed by atoms with Crippen LogP contribution in [0, 0.1) is 20.2 Å². The summed E-state index contributed by atoms with van der Waals surface area (Å²) in [6, 6.07) is 16.7. The number of hydrogen-bond donors (Lipinski definition) is 1. The molecule has 1 N–H and O–H groups in total. The number of benzene rings is 3. The Labute approximate surface area is 228 Å². The number of thiazole rings is 1. The number of phenols is 1. The Hall–Kier alpha value is -4.61. The maximum atomic E-state index is 13.8. The molecule has 0 amide bonds. The van der Waals surface area contributed by atoms with Crippen molar-refractivity contribution in [3.63, 3.8) is 0 Å². The van der Waals surface area contributed by atoms with E-state index in [0.29, 0.717) is 16.2 Å². The van der Waals surface area contributed by atoms with Crippen molar-refractivity contribution < 1.29 is 15.0 Å². The molecule has 0 bridgehead atoms. The molecule has 0 saturated carbocycles. The van der Waals surface area contributed by atoms with E-state index in [1.807, 2.05) is 36.4 Å². The smallest absolute Gasteiger partial charge is 0.318 e. The predicted molar refractivity (Wildman–Crippen MR) is 146 cm³/mol. The van der Waals surface area contributed by atoms with Gasteiger partial charge in [0.15, 0.2) is 4.80 Å². The number of fused-ring (bicyclic) bond motifs is 3. The summed E-state index contributed by atoms with van der Waals surface area (Å²) in [5.41, 5.74) is 2.58. The highest BCUT2D eigenvalue weighted by Crippen LogP contribution is 2.43. The summed E-state index contributed by atoms with van der Waals surface area (Å²) in [4.78, 5) is 40.1. The van der Waals surface area contributed by atoms with E-state index < -0.39 is 38.6 Å². The number of phenolic OH excluding ortho intramolecular Hbond substituents is 1. The summed E-state index contributed by atoms with van der Waals surface area (Å²) in [6.07, 6.45) is 2.78. The number of rotatable bonds is 4. The zero-order valence-electron chi connectivity index (χ0n) is 19.9. The fourth-order valence-corrected chi connectivity index (χ4v) is 6.37. The highest BCUT2D eigenvalue weighted by atomic mass is 35.5. The van der Waals surface area contributed by atoms with Gasteiger partial charge in [-0.2, -0.15) is 0 Å². The molecule has 10 nitrogen and oxygen atoms in total. The lowest BCUT2D eigenvalue weighted by Gasteiger charge is -2.31. The maximum Gasteiger partial charge on any atom is 0.318 e. The first-order valence-electron chi connectivity index (χ1n) is 11.8. The fraction of sp³-hybridized carbons (Fsp3) is 0.111. The number of nitro groups is 2. The zero-order chi connectivity index (χ0) is 27.4. The van der Waals surface area contributed by atoms with E-state index in [1.165, 1.54) is 6.08 Å². The number of nitro benzene ring substituents is 2. The Bertz CT molecular complexity index is 1910. The molecule has 1 aliphatic heterocycles. The molecular weight excluding hydrogens is 544 g/mol. The monoisotopic (exact) mass is 560 g/mol. The summed E-state index contributed by atoms with van der Waals surface area (Å²) in [5.74, 6) is -1.05. The molecule has 0 spiro atoms. The third-order valence-corrected chi connectivity index (χ3v) is 8.18. The van der Waals surface area contributed by atoms with Crippen molar-refractivity contribution in [3.05, 3.63) is 133 Å². The molecule has 0 saturated heterocycles. The third-order valence-electron chi connectivity index (χ3n) is 6.86. The van der Waals surface area contributed by atoms with Crippen LogP contribution in [0.2, 0.25) is 5.02 Å². The second-order valence-corrected chi connectivity index (χ2v) is 10.5. The molecule has 1 atom stereocenters. The van der Waals surface area contributed by atoms with E-state index in [4.69, 9.17) is 16.6 Å². The largest absolute Gasteiger partial charge is 0.497 e. The highest BCUT2D eigenvalue weighted by molar-refractivity contribution is 7.07. The van der Waals surface area contributed by atoms with E-state index in [0.717, 1.165) is 57.9 Å². The average molecular weight is 561 g/mol. The summed E-state index contributed by atoms with van der Waals surface area (Å²) in [7, 11) is 0. The van der Waals surface area contributed by atoms with E-state index in [1.54, 1.807) is 10.6 Å². The van der Waals surface area contributed by atoms with Crippen molar-refractivity contribution in [2.45, 2.75) is 18.9 Å². The van der Waals surface area contributed by atoms with E-state index in [-0.39, 0.29) is 10.1 Å². The first kappa shape index (κ1) is 24.7. The molecular formula is C27H17ClN4O6S. The molecule has 6 rings (SSSR count). The quantitative estimate of drug-likeness (QED) is 0.288. The van der Waals surface area contributed by atoms with Crippen LogP contribution in [-0.4, -0.2) is 19.5 Å². The van der Waals surface area contributed by atoms with Crippen LogP contribution < -0.4 is 14.9 Å². The van der Waals surface area contributed by atoms with Crippen molar-refractivity contribution in [2.24, 2.45) is 4.99 Å². The van der Waals surface area contributed by atoms with Gasteiger partial charge in [0.25, 0.3) is 11.3 Å². The molecule has 0 radical (unpaired) electrons. The van der Waals surface area contributed by atoms with Gasteiger partial charge in [-0.25, -0.2) is 4.99 Å². The Morgan fingerprint density at radius 1 is 1.03 bits per heavy atom. The molecule has 2 heterocycles. The molecule has 1 unspecified atom stereocenters. The van der Waals surface area contributed by atoms with Gasteiger partial charge in [-0.1, -0.05) is 65.4 Å². The number of aromatic hydroxyl groups is 1. The second kappa shape index (κ2) is 9.29. The Morgan fingerprint density at radius 2 is 1.69 bits per heavy atom. The van der Waals surface area contributed by atoms with Crippen LogP contribution in [0.1, 0.15) is 34.7 Å². The summed E-state index contributed by atoms with van der Waals surface area (Å²) < 4.78 is 1.74. The van der Waals surface area contributed by atoms with Gasteiger partial charge >= 0.3 is 11.4 Å². The summed E-state index contributed by atoms with van der Waals surface area (Å²) in [5, 5.41) is 33.3. The number of allylic oxidation sites excluding steroid dienone is 1. The second-order valence-electron chi connectivity index (χ2n) is 9.06. The van der Waals surface area contributed by atoms with Crippen molar-refractivity contribution in [2.75, 3.05) is 0 Å². The SMILES string of the molecule is O=c1c(=Cc2cc([N+](=O)[O-])c(O)c([N+](=O)[O-])c2)sc2n1C(c1ccccc1Cl)C1=C(N=2)c2ccccc2CC1. The first-order valence-corrected chi connectivity index (χ1v) is 13.0. The highest BCUT2D eigenvalue weighted by Gasteiger charge is 2.33. The minimum atomic E-state index is -1.05. The van der Waals surface area contributed by atoms with Crippen LogP contribution in [0.5, 0.6) is 5.75 Å². The predicted octanol–water partition coefficient (Wildman–Crippen LogP) is 4.49. The van der Waals surface area contributed by atoms with E-state index >= 15 is 0 Å². The van der Waals surface area contributed by atoms with Crippen LogP contribution in [0.3, 0.4) is 0 Å². The standard InChI is InChI=1S/C27H17ClN4O6S/c28-19-8-4-3-7-17(19)24-18-10-9-15-5-1-2-6-16(15)23(18)29-27-30(24)26(34)22(39-27)13-14-11-20(31(35)36)25(33)21(12-14)32(37)38/h1-8,11-13,24,33H,9-10H2. The Balaban J connectivity index is 1.63. The van der Waals surface area contributed by atoms with Crippen molar-refractivity contribution in [1.82, 2.24) is 4.57 Å². The maximum absolute atomic E-state index is 13.8. The minimum Gasteiger partial charge on any atom is -0.497 e. The molecule has 3 aromatic carbocycles.